The third-order valence-corrected chi connectivity index (χ3v) is 8.18. The molecule has 0 radical (unpaired) electrons. The number of hydrogen-bond donors (Lipinski definition) is 0. The van der Waals surface area contributed by atoms with Crippen LogP contribution < -0.4 is 4.74 Å². The summed E-state index contributed by atoms with van der Waals surface area (Å²) in [6, 6.07) is 12.6. The van der Waals surface area contributed by atoms with Gasteiger partial charge in [-0.3, -0.25) is 14.7 Å². The van der Waals surface area contributed by atoms with Crippen molar-refractivity contribution in [3.05, 3.63) is 54.9 Å². The number of piperidine rings is 2. The Morgan fingerprint density at radius 2 is 1.59 bits per heavy atom. The highest BCUT2D eigenvalue weighted by Crippen LogP contribution is 2.24. The molecule has 0 unspecified atom stereocenters. The van der Waals surface area contributed by atoms with Crippen molar-refractivity contribution < 1.29 is 17.9 Å². The van der Waals surface area contributed by atoms with Crippen molar-refractivity contribution in [1.29, 1.82) is 0 Å². The van der Waals surface area contributed by atoms with Gasteiger partial charge in [-0.1, -0.05) is 18.2 Å². The van der Waals surface area contributed by atoms with E-state index in [1.807, 2.05) is 17.0 Å². The maximum absolute atomic E-state index is 12.6. The fourth-order valence-electron chi connectivity index (χ4n) is 4.57. The van der Waals surface area contributed by atoms with Gasteiger partial charge in [0.05, 0.1) is 10.6 Å². The highest BCUT2D eigenvalue weighted by atomic mass is 32.2. The van der Waals surface area contributed by atoms with Gasteiger partial charge in [-0.2, -0.15) is 0 Å². The Kier molecular flexibility index (Phi) is 7.42. The molecule has 2 saturated heterocycles. The van der Waals surface area contributed by atoms with Gasteiger partial charge in [0.15, 0.2) is 9.84 Å². The second-order valence-corrected chi connectivity index (χ2v) is 10.6. The summed E-state index contributed by atoms with van der Waals surface area (Å²) >= 11 is 0. The van der Waals surface area contributed by atoms with E-state index in [2.05, 4.69) is 9.88 Å². The smallest absolute Gasteiger partial charge is 0.223 e. The summed E-state index contributed by atoms with van der Waals surface area (Å²) in [5.41, 5.74) is 0. The number of ether oxygens (including phenoxy) is 1. The molecule has 7 nitrogen and oxygen atoms in total. The Labute approximate surface area is 190 Å². The summed E-state index contributed by atoms with van der Waals surface area (Å²) in [6.45, 7) is 3.40. The van der Waals surface area contributed by atoms with Crippen molar-refractivity contribution in [1.82, 2.24) is 14.8 Å². The molecular weight excluding hydrogens is 426 g/mol. The molecule has 32 heavy (non-hydrogen) atoms. The molecule has 0 atom stereocenters. The quantitative estimate of drug-likeness (QED) is 0.636. The zero-order chi connectivity index (χ0) is 22.4. The minimum atomic E-state index is -3.42. The molecule has 0 spiro atoms. The molecule has 1 aromatic heterocycles. The lowest BCUT2D eigenvalue weighted by Gasteiger charge is -2.41. The van der Waals surface area contributed by atoms with Crippen LogP contribution in [0.25, 0.3) is 0 Å². The molecule has 1 amide bonds. The van der Waals surface area contributed by atoms with E-state index in [-0.39, 0.29) is 29.1 Å². The maximum atomic E-state index is 12.6. The fourth-order valence-corrected chi connectivity index (χ4v) is 5.82. The second-order valence-electron chi connectivity index (χ2n) is 8.53. The number of hydrogen-bond acceptors (Lipinski definition) is 6. The van der Waals surface area contributed by atoms with Crippen LogP contribution in [-0.4, -0.2) is 73.2 Å². The summed E-state index contributed by atoms with van der Waals surface area (Å²) in [5.74, 6) is 0.674. The standard InChI is InChI=1S/C24H31N3O4S/c28-24(12-19-32(29,30)23-4-2-1-3-5-23)27-15-8-20(9-16-27)26-17-10-22(11-18-26)31-21-6-13-25-14-7-21/h1-7,13-14,20,22H,8-12,15-19H2. The Bertz CT molecular complexity index is 969. The third kappa shape index (κ3) is 5.86. The zero-order valence-electron chi connectivity index (χ0n) is 18.3. The average molecular weight is 458 g/mol. The summed E-state index contributed by atoms with van der Waals surface area (Å²) < 4.78 is 30.9. The number of sulfone groups is 1. The molecule has 0 bridgehead atoms. The number of carbonyl (C=O) groups is 1. The van der Waals surface area contributed by atoms with Gasteiger partial charge in [0.2, 0.25) is 5.91 Å². The van der Waals surface area contributed by atoms with E-state index >= 15 is 0 Å². The van der Waals surface area contributed by atoms with Crippen molar-refractivity contribution in [2.45, 2.75) is 49.1 Å². The third-order valence-electron chi connectivity index (χ3n) is 6.45. The number of likely N-dealkylation sites (tertiary alicyclic amines) is 2. The van der Waals surface area contributed by atoms with E-state index in [9.17, 15) is 13.2 Å². The largest absolute Gasteiger partial charge is 0.490 e. The van der Waals surface area contributed by atoms with Crippen LogP contribution in [0.1, 0.15) is 32.1 Å². The molecule has 0 aliphatic carbocycles. The minimum absolute atomic E-state index is 0.0413. The number of amides is 1. The van der Waals surface area contributed by atoms with Crippen molar-refractivity contribution >= 4 is 15.7 Å². The molecule has 1 aromatic carbocycles. The van der Waals surface area contributed by atoms with Gasteiger partial charge in [-0.15, -0.1) is 0 Å². The maximum Gasteiger partial charge on any atom is 0.223 e. The first-order chi connectivity index (χ1) is 15.5. The predicted octanol–water partition coefficient (Wildman–Crippen LogP) is 2.78. The normalized spacial score (nSPS) is 19.1. The summed E-state index contributed by atoms with van der Waals surface area (Å²) in [6.07, 6.45) is 7.65. The number of carbonyl (C=O) groups excluding carboxylic acids is 1. The first-order valence-electron chi connectivity index (χ1n) is 11.4. The highest BCUT2D eigenvalue weighted by Gasteiger charge is 2.30. The van der Waals surface area contributed by atoms with Gasteiger partial charge in [-0.25, -0.2) is 8.42 Å². The van der Waals surface area contributed by atoms with Gasteiger partial charge in [0.1, 0.15) is 11.9 Å². The molecule has 2 aliphatic rings. The lowest BCUT2D eigenvalue weighted by molar-refractivity contribution is -0.132. The number of pyridine rings is 1. The van der Waals surface area contributed by atoms with E-state index in [4.69, 9.17) is 4.74 Å². The molecule has 8 heteroatoms. The molecule has 2 aromatic rings. The number of rotatable bonds is 7. The molecule has 2 aliphatic heterocycles. The van der Waals surface area contributed by atoms with E-state index in [1.165, 1.54) is 0 Å². The van der Waals surface area contributed by atoms with E-state index in [1.54, 1.807) is 42.7 Å². The van der Waals surface area contributed by atoms with E-state index in [0.717, 1.165) is 44.5 Å². The van der Waals surface area contributed by atoms with Crippen LogP contribution in [0.2, 0.25) is 0 Å². The van der Waals surface area contributed by atoms with Crippen molar-refractivity contribution in [3.8, 4) is 5.75 Å². The molecular formula is C24H31N3O4S. The monoisotopic (exact) mass is 457 g/mol. The molecule has 0 saturated carbocycles. The molecule has 4 rings (SSSR count). The average Bonchev–Trinajstić information content (AvgIpc) is 2.84. The van der Waals surface area contributed by atoms with E-state index in [0.29, 0.717) is 19.1 Å². The van der Waals surface area contributed by atoms with Gasteiger partial charge >= 0.3 is 0 Å². The lowest BCUT2D eigenvalue weighted by atomic mass is 9.98. The zero-order valence-corrected chi connectivity index (χ0v) is 19.1. The van der Waals surface area contributed by atoms with Crippen LogP contribution >= 0.6 is 0 Å². The lowest BCUT2D eigenvalue weighted by Crippen LogP contribution is -2.50. The second kappa shape index (κ2) is 10.4. The molecule has 172 valence electrons. The number of benzene rings is 1. The van der Waals surface area contributed by atoms with Crippen molar-refractivity contribution in [2.24, 2.45) is 0 Å². The minimum Gasteiger partial charge on any atom is -0.490 e. The topological polar surface area (TPSA) is 79.8 Å². The SMILES string of the molecule is O=C(CCS(=O)(=O)c1ccccc1)N1CCC(N2CCC(Oc3ccncc3)CC2)CC1. The first kappa shape index (κ1) is 22.7. The van der Waals surface area contributed by atoms with Crippen LogP contribution in [0.4, 0.5) is 0 Å². The van der Waals surface area contributed by atoms with Crippen molar-refractivity contribution in [3.63, 3.8) is 0 Å². The van der Waals surface area contributed by atoms with Crippen LogP contribution in [0.5, 0.6) is 5.75 Å². The number of nitrogens with zero attached hydrogens (tertiary/aromatic N) is 3. The van der Waals surface area contributed by atoms with Gasteiger partial charge in [-0.05, 0) is 49.9 Å². The van der Waals surface area contributed by atoms with E-state index < -0.39 is 9.84 Å². The predicted molar refractivity (Wildman–Crippen MR) is 122 cm³/mol. The highest BCUT2D eigenvalue weighted by molar-refractivity contribution is 7.91. The number of aromatic nitrogens is 1. The molecule has 3 heterocycles. The molecule has 0 N–H and O–H groups in total. The van der Waals surface area contributed by atoms with Crippen LogP contribution in [0, 0.1) is 0 Å². The Morgan fingerprint density at radius 1 is 0.938 bits per heavy atom. The Morgan fingerprint density at radius 3 is 2.25 bits per heavy atom. The van der Waals surface area contributed by atoms with Crippen LogP contribution in [0.3, 0.4) is 0 Å². The Balaban J connectivity index is 1.19. The summed E-state index contributed by atoms with van der Waals surface area (Å²) in [4.78, 5) is 21.3. The first-order valence-corrected chi connectivity index (χ1v) is 13.0. The van der Waals surface area contributed by atoms with Crippen molar-refractivity contribution in [2.75, 3.05) is 31.9 Å². The summed E-state index contributed by atoms with van der Waals surface area (Å²) in [5, 5.41) is 0. The van der Waals surface area contributed by atoms with Gasteiger partial charge in [0.25, 0.3) is 0 Å². The van der Waals surface area contributed by atoms with Gasteiger partial charge in [0, 0.05) is 51.0 Å². The summed E-state index contributed by atoms with van der Waals surface area (Å²) in [7, 11) is -3.42. The Hall–Kier alpha value is -2.45. The van der Waals surface area contributed by atoms with Crippen LogP contribution in [0.15, 0.2) is 59.8 Å². The van der Waals surface area contributed by atoms with Gasteiger partial charge < -0.3 is 9.64 Å². The fraction of sp³-hybridized carbons (Fsp3) is 0.500. The van der Waals surface area contributed by atoms with Crippen LogP contribution in [-0.2, 0) is 14.6 Å². The molecule has 2 fully saturated rings.